The third kappa shape index (κ3) is 4.24. The minimum Gasteiger partial charge on any atom is -0.481 e. The van der Waals surface area contributed by atoms with Crippen molar-refractivity contribution < 1.29 is 23.1 Å². The molecule has 2 heterocycles. The molecule has 0 bridgehead atoms. The predicted molar refractivity (Wildman–Crippen MR) is 99.8 cm³/mol. The van der Waals surface area contributed by atoms with Gasteiger partial charge in [-0.3, -0.25) is 9.59 Å². The molecule has 1 N–H and O–H groups in total. The van der Waals surface area contributed by atoms with Crippen molar-refractivity contribution in [3.63, 3.8) is 0 Å². The molecule has 0 unspecified atom stereocenters. The average molecular weight is 447 g/mol. The van der Waals surface area contributed by atoms with Crippen LogP contribution in [0.2, 0.25) is 0 Å². The molecule has 1 aromatic carbocycles. The van der Waals surface area contributed by atoms with E-state index in [4.69, 9.17) is 5.11 Å². The Morgan fingerprint density at radius 1 is 1.24 bits per heavy atom. The van der Waals surface area contributed by atoms with Crippen molar-refractivity contribution in [2.45, 2.75) is 24.1 Å². The van der Waals surface area contributed by atoms with Gasteiger partial charge in [-0.25, -0.2) is 8.42 Å². The number of aliphatic carboxylic acids is 1. The van der Waals surface area contributed by atoms with Gasteiger partial charge in [0.05, 0.1) is 24.0 Å². The third-order valence-electron chi connectivity index (χ3n) is 3.94. The molecule has 2 aliphatic rings. The maximum atomic E-state index is 12.0. The summed E-state index contributed by atoms with van der Waals surface area (Å²) in [6.07, 6.45) is -0.457. The largest absolute Gasteiger partial charge is 0.481 e. The number of fused-ring (bicyclic) bond motifs is 1. The van der Waals surface area contributed by atoms with Crippen molar-refractivity contribution in [3.05, 3.63) is 28.7 Å². The Balaban J connectivity index is 1.90. The van der Waals surface area contributed by atoms with Gasteiger partial charge in [0.15, 0.2) is 15.0 Å². The average Bonchev–Trinajstić information content (AvgIpc) is 2.97. The molecule has 2 atom stereocenters. The Kier molecular flexibility index (Phi) is 5.21. The minimum atomic E-state index is -3.12. The number of carbonyl (C=O) groups is 2. The summed E-state index contributed by atoms with van der Waals surface area (Å²) in [5, 5.41) is 8.93. The van der Waals surface area contributed by atoms with E-state index < -0.39 is 21.7 Å². The zero-order valence-corrected chi connectivity index (χ0v) is 16.2. The summed E-state index contributed by atoms with van der Waals surface area (Å²) in [5.74, 6) is -1.50. The van der Waals surface area contributed by atoms with Crippen LogP contribution in [-0.2, 0) is 19.4 Å². The van der Waals surface area contributed by atoms with Crippen molar-refractivity contribution in [3.8, 4) is 0 Å². The molecule has 10 heteroatoms. The lowest BCUT2D eigenvalue weighted by Gasteiger charge is -2.24. The van der Waals surface area contributed by atoms with Gasteiger partial charge in [-0.15, -0.1) is 0 Å². The van der Waals surface area contributed by atoms with Gasteiger partial charge in [0.1, 0.15) is 0 Å². The minimum absolute atomic E-state index is 0.0169. The van der Waals surface area contributed by atoms with Crippen LogP contribution in [0.5, 0.6) is 0 Å². The summed E-state index contributed by atoms with van der Waals surface area (Å²) in [6.45, 7) is 0. The highest BCUT2D eigenvalue weighted by Gasteiger charge is 2.49. The first-order valence-corrected chi connectivity index (χ1v) is 11.0. The molecule has 3 rings (SSSR count). The number of carbonyl (C=O) groups excluding carboxylic acids is 1. The van der Waals surface area contributed by atoms with Gasteiger partial charge in [0.2, 0.25) is 5.91 Å². The number of hydrogen-bond acceptors (Lipinski definition) is 5. The molecule has 0 radical (unpaired) electrons. The van der Waals surface area contributed by atoms with Gasteiger partial charge < -0.3 is 10.0 Å². The van der Waals surface area contributed by atoms with E-state index in [1.807, 2.05) is 24.3 Å². The molecule has 1 aromatic rings. The number of anilines is 1. The lowest BCUT2D eigenvalue weighted by molar-refractivity contribution is -0.138. The second-order valence-corrected chi connectivity index (χ2v) is 10.1. The van der Waals surface area contributed by atoms with Crippen molar-refractivity contribution in [2.24, 2.45) is 4.99 Å². The number of rotatable bonds is 4. The summed E-state index contributed by atoms with van der Waals surface area (Å²) in [4.78, 5) is 28.4. The molecule has 25 heavy (non-hydrogen) atoms. The number of sulfone groups is 1. The first-order valence-electron chi connectivity index (χ1n) is 7.50. The topological polar surface area (TPSA) is 104 Å². The Morgan fingerprint density at radius 3 is 2.56 bits per heavy atom. The third-order valence-corrected chi connectivity index (χ3v) is 7.68. The van der Waals surface area contributed by atoms with Crippen molar-refractivity contribution in [1.29, 1.82) is 0 Å². The van der Waals surface area contributed by atoms with Gasteiger partial charge in [0.25, 0.3) is 0 Å². The number of amides is 1. The number of halogens is 1. The molecule has 134 valence electrons. The molecule has 0 saturated carbocycles. The van der Waals surface area contributed by atoms with Crippen LogP contribution >= 0.6 is 27.7 Å². The van der Waals surface area contributed by atoms with Crippen LogP contribution in [0.3, 0.4) is 0 Å². The molecule has 1 amide bonds. The van der Waals surface area contributed by atoms with E-state index in [1.165, 1.54) is 11.8 Å². The van der Waals surface area contributed by atoms with Crippen LogP contribution in [0, 0.1) is 0 Å². The van der Waals surface area contributed by atoms with E-state index in [1.54, 1.807) is 4.90 Å². The SMILES string of the molecule is O=C(O)CCC(=O)N=C1S[C@H]2CS(=O)(=O)C[C@H]2N1c1ccc(Br)cc1. The summed E-state index contributed by atoms with van der Waals surface area (Å²) in [7, 11) is -3.12. The molecule has 7 nitrogen and oxygen atoms in total. The lowest BCUT2D eigenvalue weighted by Crippen LogP contribution is -2.37. The van der Waals surface area contributed by atoms with Crippen molar-refractivity contribution in [2.75, 3.05) is 16.4 Å². The van der Waals surface area contributed by atoms with Crippen LogP contribution in [-0.4, -0.2) is 53.4 Å². The Hall–Kier alpha value is -1.39. The standard InChI is InChI=1S/C15H15BrN2O5S2/c16-9-1-3-10(4-2-9)18-11-7-25(22,23)8-12(11)24-15(18)17-13(19)5-6-14(20)21/h1-4,11-12H,5-8H2,(H,20,21)/t11-,12+/m1/s1. The number of hydrogen-bond donors (Lipinski definition) is 1. The van der Waals surface area contributed by atoms with E-state index in [2.05, 4.69) is 20.9 Å². The summed E-state index contributed by atoms with van der Waals surface area (Å²) < 4.78 is 24.8. The lowest BCUT2D eigenvalue weighted by atomic mass is 10.2. The highest BCUT2D eigenvalue weighted by Crippen LogP contribution is 2.41. The van der Waals surface area contributed by atoms with Gasteiger partial charge in [-0.1, -0.05) is 27.7 Å². The second-order valence-electron chi connectivity index (χ2n) is 5.83. The molecular formula is C15H15BrN2O5S2. The maximum absolute atomic E-state index is 12.0. The first-order chi connectivity index (χ1) is 11.7. The predicted octanol–water partition coefficient (Wildman–Crippen LogP) is 1.92. The zero-order chi connectivity index (χ0) is 18.2. The number of benzene rings is 1. The molecule has 0 spiro atoms. The molecule has 0 aromatic heterocycles. The number of carboxylic acids is 1. The quantitative estimate of drug-likeness (QED) is 0.752. The number of nitrogens with zero attached hydrogens (tertiary/aromatic N) is 2. The van der Waals surface area contributed by atoms with E-state index in [9.17, 15) is 18.0 Å². The van der Waals surface area contributed by atoms with Crippen LogP contribution in [0.15, 0.2) is 33.7 Å². The van der Waals surface area contributed by atoms with E-state index in [-0.39, 0.29) is 35.6 Å². The summed E-state index contributed by atoms with van der Waals surface area (Å²) >= 11 is 4.63. The van der Waals surface area contributed by atoms with Crippen molar-refractivity contribution in [1.82, 2.24) is 0 Å². The van der Waals surface area contributed by atoms with E-state index >= 15 is 0 Å². The highest BCUT2D eigenvalue weighted by molar-refractivity contribution is 9.10. The van der Waals surface area contributed by atoms with E-state index in [0.29, 0.717) is 5.17 Å². The summed E-state index contributed by atoms with van der Waals surface area (Å²) in [5.41, 5.74) is 0.755. The number of amidine groups is 1. The van der Waals surface area contributed by atoms with Gasteiger partial charge >= 0.3 is 5.97 Å². The fourth-order valence-corrected chi connectivity index (χ4v) is 7.04. The maximum Gasteiger partial charge on any atom is 0.303 e. The van der Waals surface area contributed by atoms with Crippen molar-refractivity contribution >= 4 is 60.3 Å². The van der Waals surface area contributed by atoms with Gasteiger partial charge in [-0.05, 0) is 24.3 Å². The van der Waals surface area contributed by atoms with Crippen LogP contribution in [0.4, 0.5) is 5.69 Å². The van der Waals surface area contributed by atoms with Gasteiger partial charge in [0, 0.05) is 21.8 Å². The fraction of sp³-hybridized carbons (Fsp3) is 0.400. The van der Waals surface area contributed by atoms with Crippen LogP contribution in [0.25, 0.3) is 0 Å². The van der Waals surface area contributed by atoms with Gasteiger partial charge in [-0.2, -0.15) is 4.99 Å². The number of aliphatic imine (C=N–C) groups is 1. The summed E-state index contributed by atoms with van der Waals surface area (Å²) in [6, 6.07) is 7.05. The van der Waals surface area contributed by atoms with Crippen LogP contribution in [0.1, 0.15) is 12.8 Å². The first kappa shape index (κ1) is 18.4. The Labute approximate surface area is 157 Å². The molecular weight excluding hydrogens is 432 g/mol. The number of carboxylic acid groups (broad SMARTS) is 1. The zero-order valence-electron chi connectivity index (χ0n) is 13.0. The second kappa shape index (κ2) is 7.08. The fourth-order valence-electron chi connectivity index (χ4n) is 2.84. The molecule has 0 aliphatic carbocycles. The van der Waals surface area contributed by atoms with Crippen LogP contribution < -0.4 is 4.90 Å². The number of thioether (sulfide) groups is 1. The smallest absolute Gasteiger partial charge is 0.303 e. The monoisotopic (exact) mass is 446 g/mol. The Bertz CT molecular complexity index is 838. The molecule has 2 fully saturated rings. The van der Waals surface area contributed by atoms with E-state index in [0.717, 1.165) is 10.2 Å². The Morgan fingerprint density at radius 2 is 1.92 bits per heavy atom. The highest BCUT2D eigenvalue weighted by atomic mass is 79.9. The normalized spacial score (nSPS) is 26.0. The molecule has 2 aliphatic heterocycles. The molecule has 2 saturated heterocycles.